The molecule has 8 heteroatoms. The lowest BCUT2D eigenvalue weighted by molar-refractivity contribution is -0.117. The highest BCUT2D eigenvalue weighted by atomic mass is 32.1. The number of carbonyl (C=O) groups excluding carboxylic acids is 2. The Kier molecular flexibility index (Phi) is 5.16. The Morgan fingerprint density at radius 3 is 2.68 bits per heavy atom. The maximum absolute atomic E-state index is 13.5. The number of benzene rings is 1. The van der Waals surface area contributed by atoms with E-state index >= 15 is 0 Å². The van der Waals surface area contributed by atoms with E-state index in [0.717, 1.165) is 11.4 Å². The molecule has 0 aliphatic rings. The first kappa shape index (κ1) is 16.0. The molecule has 2 N–H and O–H groups in total. The number of halogens is 1. The lowest BCUT2D eigenvalue weighted by Crippen LogP contribution is -2.41. The van der Waals surface area contributed by atoms with Gasteiger partial charge >= 0.3 is 0 Å². The van der Waals surface area contributed by atoms with Crippen LogP contribution in [0.15, 0.2) is 24.3 Å². The Balaban J connectivity index is 1.96. The van der Waals surface area contributed by atoms with Gasteiger partial charge in [-0.1, -0.05) is 30.4 Å². The van der Waals surface area contributed by atoms with Gasteiger partial charge in [0.25, 0.3) is 5.91 Å². The third-order valence-corrected chi connectivity index (χ3v) is 3.84. The van der Waals surface area contributed by atoms with Gasteiger partial charge in [0.05, 0.1) is 5.56 Å². The number of hydrogen-bond donors (Lipinski definition) is 2. The molecular weight excluding hydrogens is 307 g/mol. The van der Waals surface area contributed by atoms with E-state index in [4.69, 9.17) is 0 Å². The van der Waals surface area contributed by atoms with Crippen molar-refractivity contribution in [2.24, 2.45) is 0 Å². The molecule has 0 spiro atoms. The molecule has 0 unspecified atom stereocenters. The van der Waals surface area contributed by atoms with Crippen molar-refractivity contribution in [1.82, 2.24) is 15.5 Å². The number of aromatic nitrogens is 2. The molecule has 22 heavy (non-hydrogen) atoms. The number of nitrogens with one attached hydrogen (secondary N) is 2. The minimum absolute atomic E-state index is 0.105. The van der Waals surface area contributed by atoms with Crippen molar-refractivity contribution < 1.29 is 14.0 Å². The van der Waals surface area contributed by atoms with E-state index in [0.29, 0.717) is 5.13 Å². The molecule has 0 aliphatic heterocycles. The van der Waals surface area contributed by atoms with Crippen molar-refractivity contribution in [3.63, 3.8) is 0 Å². The van der Waals surface area contributed by atoms with Crippen molar-refractivity contribution in [1.29, 1.82) is 0 Å². The third-order valence-electron chi connectivity index (χ3n) is 2.86. The van der Waals surface area contributed by atoms with E-state index in [9.17, 15) is 14.0 Å². The number of anilines is 1. The van der Waals surface area contributed by atoms with Crippen LogP contribution in [0.3, 0.4) is 0 Å². The fourth-order valence-electron chi connectivity index (χ4n) is 1.65. The minimum atomic E-state index is -0.832. The Morgan fingerprint density at radius 2 is 2.05 bits per heavy atom. The van der Waals surface area contributed by atoms with Crippen LogP contribution in [-0.4, -0.2) is 28.1 Å². The predicted octanol–water partition coefficient (Wildman–Crippen LogP) is 2.00. The van der Waals surface area contributed by atoms with Crippen LogP contribution in [0.2, 0.25) is 0 Å². The summed E-state index contributed by atoms with van der Waals surface area (Å²) < 4.78 is 13.5. The lowest BCUT2D eigenvalue weighted by atomic mass is 10.2. The second-order valence-corrected chi connectivity index (χ2v) is 5.58. The topological polar surface area (TPSA) is 84.0 Å². The van der Waals surface area contributed by atoms with Crippen LogP contribution in [0.1, 0.15) is 29.2 Å². The van der Waals surface area contributed by atoms with Crippen LogP contribution in [0.25, 0.3) is 0 Å². The minimum Gasteiger partial charge on any atom is -0.340 e. The molecule has 0 saturated heterocycles. The molecule has 1 heterocycles. The van der Waals surface area contributed by atoms with Crippen LogP contribution >= 0.6 is 11.3 Å². The smallest absolute Gasteiger partial charge is 0.254 e. The first-order valence-electron chi connectivity index (χ1n) is 6.70. The van der Waals surface area contributed by atoms with Crippen LogP contribution < -0.4 is 10.6 Å². The van der Waals surface area contributed by atoms with Gasteiger partial charge in [-0.05, 0) is 25.5 Å². The first-order chi connectivity index (χ1) is 10.5. The molecule has 0 radical (unpaired) electrons. The van der Waals surface area contributed by atoms with E-state index in [2.05, 4.69) is 20.8 Å². The summed E-state index contributed by atoms with van der Waals surface area (Å²) in [7, 11) is 0. The summed E-state index contributed by atoms with van der Waals surface area (Å²) in [6.07, 6.45) is 0.729. The molecule has 0 saturated carbocycles. The molecule has 2 rings (SSSR count). The normalized spacial score (nSPS) is 11.8. The molecule has 116 valence electrons. The van der Waals surface area contributed by atoms with E-state index in [1.165, 1.54) is 36.5 Å². The van der Waals surface area contributed by atoms with Gasteiger partial charge in [-0.25, -0.2) is 4.39 Å². The van der Waals surface area contributed by atoms with Crippen molar-refractivity contribution in [2.45, 2.75) is 26.3 Å². The van der Waals surface area contributed by atoms with E-state index in [-0.39, 0.29) is 5.56 Å². The predicted molar refractivity (Wildman–Crippen MR) is 81.2 cm³/mol. The van der Waals surface area contributed by atoms with Crippen molar-refractivity contribution in [3.05, 3.63) is 40.7 Å². The van der Waals surface area contributed by atoms with E-state index in [1.807, 2.05) is 6.92 Å². The molecule has 2 aromatic rings. The third kappa shape index (κ3) is 3.85. The number of rotatable bonds is 5. The average Bonchev–Trinajstić information content (AvgIpc) is 2.95. The monoisotopic (exact) mass is 322 g/mol. The summed E-state index contributed by atoms with van der Waals surface area (Å²) in [6.45, 7) is 3.44. The molecule has 0 aliphatic carbocycles. The van der Waals surface area contributed by atoms with Gasteiger partial charge in [0.1, 0.15) is 16.9 Å². The highest BCUT2D eigenvalue weighted by Crippen LogP contribution is 2.15. The summed E-state index contributed by atoms with van der Waals surface area (Å²) in [4.78, 5) is 23.9. The summed E-state index contributed by atoms with van der Waals surface area (Å²) in [6, 6.07) is 4.75. The molecule has 1 aromatic carbocycles. The summed E-state index contributed by atoms with van der Waals surface area (Å²) in [5, 5.41) is 13.9. The first-order valence-corrected chi connectivity index (χ1v) is 7.51. The molecule has 2 amide bonds. The Bertz CT molecular complexity index is 689. The Hall–Kier alpha value is -2.35. The lowest BCUT2D eigenvalue weighted by Gasteiger charge is -2.13. The second kappa shape index (κ2) is 7.08. The standard InChI is InChI=1S/C14H15FN4O2S/c1-3-11-18-19-14(22-11)17-12(20)8(2)16-13(21)9-6-4-5-7-10(9)15/h4-8H,3H2,1-2H3,(H,16,21)(H,17,19,20)/t8-/m0/s1. The van der Waals surface area contributed by atoms with Gasteiger partial charge in [0.2, 0.25) is 11.0 Å². The van der Waals surface area contributed by atoms with Crippen molar-refractivity contribution >= 4 is 28.3 Å². The molecule has 1 aromatic heterocycles. The van der Waals surface area contributed by atoms with Gasteiger partial charge in [0.15, 0.2) is 0 Å². The summed E-state index contributed by atoms with van der Waals surface area (Å²) in [5.74, 6) is -1.72. The zero-order valence-electron chi connectivity index (χ0n) is 12.1. The van der Waals surface area contributed by atoms with Crippen LogP contribution in [0.4, 0.5) is 9.52 Å². The van der Waals surface area contributed by atoms with Crippen molar-refractivity contribution in [3.8, 4) is 0 Å². The zero-order valence-corrected chi connectivity index (χ0v) is 12.9. The molecule has 6 nitrogen and oxygen atoms in total. The van der Waals surface area contributed by atoms with Gasteiger partial charge in [0, 0.05) is 0 Å². The molecule has 0 bridgehead atoms. The van der Waals surface area contributed by atoms with Gasteiger partial charge in [-0.3, -0.25) is 14.9 Å². The van der Waals surface area contributed by atoms with Crippen molar-refractivity contribution in [2.75, 3.05) is 5.32 Å². The average molecular weight is 322 g/mol. The van der Waals surface area contributed by atoms with Crippen LogP contribution in [-0.2, 0) is 11.2 Å². The summed E-state index contributed by atoms with van der Waals surface area (Å²) >= 11 is 1.27. The maximum atomic E-state index is 13.5. The highest BCUT2D eigenvalue weighted by Gasteiger charge is 2.19. The largest absolute Gasteiger partial charge is 0.340 e. The van der Waals surface area contributed by atoms with Crippen LogP contribution in [0, 0.1) is 5.82 Å². The van der Waals surface area contributed by atoms with E-state index in [1.54, 1.807) is 6.07 Å². The number of amides is 2. The molecule has 0 fully saturated rings. The fourth-order valence-corrected chi connectivity index (χ4v) is 2.33. The Labute approximate surface area is 130 Å². The van der Waals surface area contributed by atoms with Gasteiger partial charge < -0.3 is 5.32 Å². The van der Waals surface area contributed by atoms with Gasteiger partial charge in [-0.15, -0.1) is 10.2 Å². The maximum Gasteiger partial charge on any atom is 0.254 e. The quantitative estimate of drug-likeness (QED) is 0.882. The second-order valence-electron chi connectivity index (χ2n) is 4.52. The molecular formula is C14H15FN4O2S. The van der Waals surface area contributed by atoms with Gasteiger partial charge in [-0.2, -0.15) is 0 Å². The summed E-state index contributed by atoms with van der Waals surface area (Å²) in [5.41, 5.74) is -0.105. The SMILES string of the molecule is CCc1nnc(NC(=O)[C@H](C)NC(=O)c2ccccc2F)s1. The molecule has 1 atom stereocenters. The Morgan fingerprint density at radius 1 is 1.32 bits per heavy atom. The number of aryl methyl sites for hydroxylation is 1. The van der Waals surface area contributed by atoms with E-state index < -0.39 is 23.7 Å². The number of nitrogens with zero attached hydrogens (tertiary/aromatic N) is 2. The fraction of sp³-hybridized carbons (Fsp3) is 0.286. The van der Waals surface area contributed by atoms with Crippen LogP contribution in [0.5, 0.6) is 0 Å². The zero-order chi connectivity index (χ0) is 16.1. The number of hydrogen-bond acceptors (Lipinski definition) is 5. The number of carbonyl (C=O) groups is 2. The highest BCUT2D eigenvalue weighted by molar-refractivity contribution is 7.15.